The van der Waals surface area contributed by atoms with E-state index in [4.69, 9.17) is 0 Å². The Bertz CT molecular complexity index is 171. The average molecular weight is 238 g/mol. The van der Waals surface area contributed by atoms with E-state index in [2.05, 4.69) is 42.5 Å². The van der Waals surface area contributed by atoms with Gasteiger partial charge in [0, 0.05) is 4.88 Å². The summed E-state index contributed by atoms with van der Waals surface area (Å²) < 4.78 is 1.39. The van der Waals surface area contributed by atoms with Gasteiger partial charge in [0.15, 0.2) is 0 Å². The summed E-state index contributed by atoms with van der Waals surface area (Å²) in [4.78, 5) is 1.44. The zero-order valence-corrected chi connectivity index (χ0v) is 7.84. The first-order chi connectivity index (χ1) is 3.70. The highest BCUT2D eigenvalue weighted by Gasteiger charge is 1.95. The molecule has 0 saturated carbocycles. The first-order valence-electron chi connectivity index (χ1n) is 2.42. The molecular weight excluding hydrogens is 231 g/mol. The number of aryl methyl sites for hydroxylation is 2. The van der Waals surface area contributed by atoms with E-state index in [9.17, 15) is 0 Å². The summed E-state index contributed by atoms with van der Waals surface area (Å²) in [7, 11) is 0. The van der Waals surface area contributed by atoms with Gasteiger partial charge in [-0.2, -0.15) is 0 Å². The summed E-state index contributed by atoms with van der Waals surface area (Å²) >= 11 is 4.20. The Morgan fingerprint density at radius 1 is 1.50 bits per heavy atom. The number of hydrogen-bond donors (Lipinski definition) is 0. The Labute approximate surface area is 67.1 Å². The van der Waals surface area contributed by atoms with Crippen molar-refractivity contribution >= 4 is 33.9 Å². The standard InChI is InChI=1S/C6H7IS/c1-4-3-6(7)8-5(4)2/h3H,1-2H3. The van der Waals surface area contributed by atoms with Gasteiger partial charge in [0.2, 0.25) is 0 Å². The molecule has 0 radical (unpaired) electrons. The highest BCUT2D eigenvalue weighted by Crippen LogP contribution is 2.21. The van der Waals surface area contributed by atoms with Crippen molar-refractivity contribution in [2.24, 2.45) is 0 Å². The smallest absolute Gasteiger partial charge is 0.0658 e. The van der Waals surface area contributed by atoms with Gasteiger partial charge >= 0.3 is 0 Å². The summed E-state index contributed by atoms with van der Waals surface area (Å²) in [5, 5.41) is 0. The predicted octanol–water partition coefficient (Wildman–Crippen LogP) is 2.97. The van der Waals surface area contributed by atoms with Gasteiger partial charge in [0.25, 0.3) is 0 Å². The lowest BCUT2D eigenvalue weighted by Gasteiger charge is -1.79. The second-order valence-electron chi connectivity index (χ2n) is 1.79. The van der Waals surface area contributed by atoms with Crippen LogP contribution in [0.1, 0.15) is 10.4 Å². The highest BCUT2D eigenvalue weighted by atomic mass is 127. The fraction of sp³-hybridized carbons (Fsp3) is 0.333. The van der Waals surface area contributed by atoms with Gasteiger partial charge in [0.05, 0.1) is 2.88 Å². The molecule has 0 nitrogen and oxygen atoms in total. The van der Waals surface area contributed by atoms with E-state index in [0.29, 0.717) is 0 Å². The minimum Gasteiger partial charge on any atom is -0.134 e. The van der Waals surface area contributed by atoms with E-state index < -0.39 is 0 Å². The van der Waals surface area contributed by atoms with E-state index in [1.807, 2.05) is 11.3 Å². The normalized spacial score (nSPS) is 9.88. The van der Waals surface area contributed by atoms with Crippen LogP contribution in [0.25, 0.3) is 0 Å². The molecule has 0 unspecified atom stereocenters. The van der Waals surface area contributed by atoms with Crippen LogP contribution < -0.4 is 0 Å². The van der Waals surface area contributed by atoms with Crippen molar-refractivity contribution in [1.82, 2.24) is 0 Å². The van der Waals surface area contributed by atoms with E-state index in [0.717, 1.165) is 0 Å². The summed E-state index contributed by atoms with van der Waals surface area (Å²) in [5.74, 6) is 0. The number of halogens is 1. The Balaban J connectivity index is 3.14. The average Bonchev–Trinajstić information content (AvgIpc) is 1.85. The lowest BCUT2D eigenvalue weighted by molar-refractivity contribution is 1.44. The molecule has 0 aliphatic rings. The molecule has 0 spiro atoms. The molecule has 1 rings (SSSR count). The Kier molecular flexibility index (Phi) is 1.92. The van der Waals surface area contributed by atoms with Gasteiger partial charge in [-0.3, -0.25) is 0 Å². The molecular formula is C6H7IS. The maximum atomic E-state index is 2.34. The van der Waals surface area contributed by atoms with Crippen LogP contribution in [0.5, 0.6) is 0 Å². The van der Waals surface area contributed by atoms with Crippen molar-refractivity contribution in [1.29, 1.82) is 0 Å². The van der Waals surface area contributed by atoms with Gasteiger partial charge < -0.3 is 0 Å². The van der Waals surface area contributed by atoms with Crippen LogP contribution >= 0.6 is 33.9 Å². The monoisotopic (exact) mass is 238 g/mol. The highest BCUT2D eigenvalue weighted by molar-refractivity contribution is 14.1. The van der Waals surface area contributed by atoms with Crippen LogP contribution in [0.4, 0.5) is 0 Å². The van der Waals surface area contributed by atoms with Crippen molar-refractivity contribution in [3.63, 3.8) is 0 Å². The fourth-order valence-electron chi connectivity index (χ4n) is 0.528. The molecule has 2 heteroatoms. The summed E-state index contributed by atoms with van der Waals surface area (Å²) in [6.45, 7) is 4.30. The molecule has 0 atom stereocenters. The van der Waals surface area contributed by atoms with E-state index in [1.165, 1.54) is 13.3 Å². The third-order valence-electron chi connectivity index (χ3n) is 1.14. The van der Waals surface area contributed by atoms with Crippen LogP contribution in [-0.2, 0) is 0 Å². The predicted molar refractivity (Wildman–Crippen MR) is 46.5 cm³/mol. The van der Waals surface area contributed by atoms with Gasteiger partial charge in [-0.05, 0) is 48.1 Å². The largest absolute Gasteiger partial charge is 0.134 e. The van der Waals surface area contributed by atoms with Crippen LogP contribution in [0.15, 0.2) is 6.07 Å². The number of thiophene rings is 1. The minimum atomic E-state index is 1.39. The lowest BCUT2D eigenvalue weighted by Crippen LogP contribution is -1.62. The van der Waals surface area contributed by atoms with E-state index >= 15 is 0 Å². The van der Waals surface area contributed by atoms with E-state index in [1.54, 1.807) is 0 Å². The second-order valence-corrected chi connectivity index (χ2v) is 4.94. The molecule has 1 aromatic heterocycles. The third kappa shape index (κ3) is 1.23. The number of hydrogen-bond acceptors (Lipinski definition) is 1. The Morgan fingerprint density at radius 2 is 2.12 bits per heavy atom. The Hall–Kier alpha value is 0.430. The SMILES string of the molecule is Cc1cc(I)sc1C. The van der Waals surface area contributed by atoms with Gasteiger partial charge in [-0.25, -0.2) is 0 Å². The van der Waals surface area contributed by atoms with Gasteiger partial charge in [0.1, 0.15) is 0 Å². The van der Waals surface area contributed by atoms with Crippen molar-refractivity contribution in [2.75, 3.05) is 0 Å². The molecule has 1 aromatic rings. The zero-order chi connectivity index (χ0) is 6.15. The quantitative estimate of drug-likeness (QED) is 0.609. The molecule has 0 N–H and O–H groups in total. The topological polar surface area (TPSA) is 0 Å². The molecule has 0 fully saturated rings. The fourth-order valence-corrected chi connectivity index (χ4v) is 2.73. The molecule has 0 saturated heterocycles. The summed E-state index contributed by atoms with van der Waals surface area (Å²) in [5.41, 5.74) is 1.42. The molecule has 0 aliphatic carbocycles. The Morgan fingerprint density at radius 3 is 2.25 bits per heavy atom. The molecule has 8 heavy (non-hydrogen) atoms. The molecule has 0 amide bonds. The summed E-state index contributed by atoms with van der Waals surface area (Å²) in [6, 6.07) is 2.21. The minimum absolute atomic E-state index is 1.39. The maximum absolute atomic E-state index is 2.34. The molecule has 1 heterocycles. The first-order valence-corrected chi connectivity index (χ1v) is 4.32. The third-order valence-corrected chi connectivity index (χ3v) is 3.05. The van der Waals surface area contributed by atoms with Crippen molar-refractivity contribution in [2.45, 2.75) is 13.8 Å². The molecule has 0 bridgehead atoms. The maximum Gasteiger partial charge on any atom is 0.0658 e. The molecule has 0 aliphatic heterocycles. The van der Waals surface area contributed by atoms with Crippen LogP contribution in [0.2, 0.25) is 0 Å². The second kappa shape index (κ2) is 2.35. The van der Waals surface area contributed by atoms with Crippen LogP contribution in [0, 0.1) is 16.7 Å². The molecule has 0 aromatic carbocycles. The van der Waals surface area contributed by atoms with E-state index in [-0.39, 0.29) is 0 Å². The lowest BCUT2D eigenvalue weighted by atomic mass is 10.3. The number of rotatable bonds is 0. The first kappa shape index (κ1) is 6.55. The van der Waals surface area contributed by atoms with Crippen molar-refractivity contribution < 1.29 is 0 Å². The van der Waals surface area contributed by atoms with Gasteiger partial charge in [-0.1, -0.05) is 0 Å². The van der Waals surface area contributed by atoms with Crippen molar-refractivity contribution in [3.05, 3.63) is 19.4 Å². The van der Waals surface area contributed by atoms with Crippen molar-refractivity contribution in [3.8, 4) is 0 Å². The molecule has 44 valence electrons. The van der Waals surface area contributed by atoms with Crippen LogP contribution in [0.3, 0.4) is 0 Å². The zero-order valence-electron chi connectivity index (χ0n) is 4.86. The summed E-state index contributed by atoms with van der Waals surface area (Å²) in [6.07, 6.45) is 0. The van der Waals surface area contributed by atoms with Gasteiger partial charge in [-0.15, -0.1) is 11.3 Å². The van der Waals surface area contributed by atoms with Crippen LogP contribution in [-0.4, -0.2) is 0 Å².